The number of aryl methyl sites for hydroxylation is 2. The molecule has 4 nitrogen and oxygen atoms in total. The molecule has 2 atom stereocenters. The molecule has 33 heavy (non-hydrogen) atoms. The maximum atomic E-state index is 5.93. The lowest BCUT2D eigenvalue weighted by Crippen LogP contribution is -2.29. The van der Waals surface area contributed by atoms with Crippen molar-refractivity contribution in [2.75, 3.05) is 4.90 Å². The number of hydrogen-bond donors (Lipinski definition) is 1. The van der Waals surface area contributed by atoms with Gasteiger partial charge in [0.15, 0.2) is 5.11 Å². The van der Waals surface area contributed by atoms with Crippen LogP contribution in [0.2, 0.25) is 0 Å². The first kappa shape index (κ1) is 22.6. The van der Waals surface area contributed by atoms with E-state index in [0.717, 1.165) is 21.0 Å². The van der Waals surface area contributed by atoms with Gasteiger partial charge in [-0.25, -0.2) is 0 Å². The van der Waals surface area contributed by atoms with Gasteiger partial charge in [-0.3, -0.25) is 4.98 Å². The minimum atomic E-state index is -0.0111. The first-order chi connectivity index (χ1) is 16.0. The molecule has 172 valence electrons. The van der Waals surface area contributed by atoms with Crippen LogP contribution < -0.4 is 10.2 Å². The summed E-state index contributed by atoms with van der Waals surface area (Å²) in [6.45, 7) is 6.68. The molecule has 0 bridgehead atoms. The summed E-state index contributed by atoms with van der Waals surface area (Å²) in [5, 5.41) is 4.36. The summed E-state index contributed by atoms with van der Waals surface area (Å²) in [7, 11) is 0. The summed E-state index contributed by atoms with van der Waals surface area (Å²) >= 11 is 9.58. The molecule has 3 aromatic rings. The molecule has 1 N–H and O–H groups in total. The molecular weight excluding hydrogens is 492 g/mol. The van der Waals surface area contributed by atoms with Crippen LogP contribution in [0.3, 0.4) is 0 Å². The van der Waals surface area contributed by atoms with Gasteiger partial charge in [-0.2, -0.15) is 0 Å². The third-order valence-corrected chi connectivity index (χ3v) is 8.50. The Morgan fingerprint density at radius 1 is 1.03 bits per heavy atom. The van der Waals surface area contributed by atoms with Crippen molar-refractivity contribution in [1.29, 1.82) is 0 Å². The zero-order valence-corrected chi connectivity index (χ0v) is 21.9. The second kappa shape index (κ2) is 9.22. The first-order valence-corrected chi connectivity index (χ1v) is 13.1. The van der Waals surface area contributed by atoms with Gasteiger partial charge in [0, 0.05) is 33.8 Å². The molecule has 0 amide bonds. The van der Waals surface area contributed by atoms with E-state index in [4.69, 9.17) is 17.2 Å². The zero-order valence-electron chi connectivity index (χ0n) is 19.5. The summed E-state index contributed by atoms with van der Waals surface area (Å²) in [4.78, 5) is 7.01. The predicted molar refractivity (Wildman–Crippen MR) is 143 cm³/mol. The summed E-state index contributed by atoms with van der Waals surface area (Å²) < 4.78 is 3.70. The number of halogens is 1. The Balaban J connectivity index is 1.64. The lowest BCUT2D eigenvalue weighted by molar-refractivity contribution is 0.345. The number of rotatable bonds is 4. The van der Waals surface area contributed by atoms with E-state index in [2.05, 4.69) is 87.9 Å². The standard InChI is InChI=1S/C27H31BrN4S/c1-17-15-21(12-13-23(17)28)32-26(25(30-27(32)33)24-11-7-8-14-29-24)22-16-18(2)31(19(22)3)20-9-5-4-6-10-20/h7-8,11-16,20,25-26H,4-6,9-10H2,1-3H3,(H,30,33)/t25-,26+/m0/s1. The lowest BCUT2D eigenvalue weighted by atomic mass is 9.94. The van der Waals surface area contributed by atoms with Crippen molar-refractivity contribution < 1.29 is 0 Å². The van der Waals surface area contributed by atoms with Crippen LogP contribution >= 0.6 is 28.1 Å². The van der Waals surface area contributed by atoms with Crippen LogP contribution in [0.1, 0.15) is 78.4 Å². The van der Waals surface area contributed by atoms with Gasteiger partial charge in [-0.05, 0) is 93.4 Å². The Morgan fingerprint density at radius 3 is 2.52 bits per heavy atom. The highest BCUT2D eigenvalue weighted by Gasteiger charge is 2.42. The molecule has 2 fully saturated rings. The fraction of sp³-hybridized carbons (Fsp3) is 0.407. The van der Waals surface area contributed by atoms with E-state index in [9.17, 15) is 0 Å². The van der Waals surface area contributed by atoms with Gasteiger partial charge in [0.2, 0.25) is 0 Å². The fourth-order valence-corrected chi connectivity index (χ4v) is 6.32. The maximum Gasteiger partial charge on any atom is 0.174 e. The quantitative estimate of drug-likeness (QED) is 0.365. The van der Waals surface area contributed by atoms with E-state index in [1.165, 1.54) is 54.6 Å². The van der Waals surface area contributed by atoms with E-state index in [1.54, 1.807) is 0 Å². The van der Waals surface area contributed by atoms with Crippen molar-refractivity contribution in [3.05, 3.63) is 81.3 Å². The molecule has 1 aliphatic heterocycles. The number of nitrogens with zero attached hydrogens (tertiary/aromatic N) is 3. The number of aromatic nitrogens is 2. The smallest absolute Gasteiger partial charge is 0.174 e. The van der Waals surface area contributed by atoms with E-state index >= 15 is 0 Å². The average molecular weight is 524 g/mol. The van der Waals surface area contributed by atoms with Gasteiger partial charge < -0.3 is 14.8 Å². The van der Waals surface area contributed by atoms with Crippen molar-refractivity contribution in [2.24, 2.45) is 0 Å². The second-order valence-electron chi connectivity index (χ2n) is 9.42. The maximum absolute atomic E-state index is 5.93. The van der Waals surface area contributed by atoms with Gasteiger partial charge in [-0.15, -0.1) is 0 Å². The average Bonchev–Trinajstić information content (AvgIpc) is 3.32. The molecule has 2 aromatic heterocycles. The summed E-state index contributed by atoms with van der Waals surface area (Å²) in [5.74, 6) is 0. The van der Waals surface area contributed by atoms with Crippen molar-refractivity contribution in [3.8, 4) is 0 Å². The topological polar surface area (TPSA) is 33.1 Å². The lowest BCUT2D eigenvalue weighted by Gasteiger charge is -2.30. The Morgan fingerprint density at radius 2 is 1.82 bits per heavy atom. The predicted octanol–water partition coefficient (Wildman–Crippen LogP) is 7.25. The van der Waals surface area contributed by atoms with E-state index in [-0.39, 0.29) is 12.1 Å². The van der Waals surface area contributed by atoms with Gasteiger partial charge >= 0.3 is 0 Å². The molecule has 1 aliphatic carbocycles. The molecule has 1 aromatic carbocycles. The molecule has 2 aliphatic rings. The van der Waals surface area contributed by atoms with Gasteiger partial charge in [0.1, 0.15) is 0 Å². The SMILES string of the molecule is Cc1cc(N2C(=S)N[C@@H](c3ccccn3)[C@H]2c2cc(C)n(C3CCCCC3)c2C)ccc1Br. The summed E-state index contributed by atoms with van der Waals surface area (Å²) in [6, 6.07) is 15.6. The van der Waals surface area contributed by atoms with E-state index in [0.29, 0.717) is 6.04 Å². The van der Waals surface area contributed by atoms with Crippen molar-refractivity contribution in [1.82, 2.24) is 14.9 Å². The number of hydrogen-bond acceptors (Lipinski definition) is 2. The molecule has 3 heterocycles. The summed E-state index contributed by atoms with van der Waals surface area (Å²) in [6.07, 6.45) is 8.43. The molecule has 0 unspecified atom stereocenters. The van der Waals surface area contributed by atoms with Gasteiger partial charge in [0.05, 0.1) is 17.8 Å². The van der Waals surface area contributed by atoms with E-state index in [1.807, 2.05) is 12.3 Å². The number of anilines is 1. The minimum Gasteiger partial charge on any atom is -0.351 e. The molecule has 1 saturated heterocycles. The van der Waals surface area contributed by atoms with Crippen molar-refractivity contribution in [2.45, 2.75) is 71.0 Å². The molecule has 0 spiro atoms. The number of thiocarbonyl (C=S) groups is 1. The van der Waals surface area contributed by atoms with Gasteiger partial charge in [0.25, 0.3) is 0 Å². The molecule has 5 rings (SSSR count). The molecular formula is C27H31BrN4S. The van der Waals surface area contributed by atoms with Crippen LogP contribution in [0.15, 0.2) is 53.1 Å². The van der Waals surface area contributed by atoms with Crippen LogP contribution in [0.25, 0.3) is 0 Å². The number of benzene rings is 1. The number of pyridine rings is 1. The van der Waals surface area contributed by atoms with E-state index < -0.39 is 0 Å². The van der Waals surface area contributed by atoms with Crippen LogP contribution in [-0.4, -0.2) is 14.7 Å². The Kier molecular flexibility index (Phi) is 6.32. The molecule has 1 saturated carbocycles. The van der Waals surface area contributed by atoms with Crippen LogP contribution in [0.4, 0.5) is 5.69 Å². The molecule has 6 heteroatoms. The monoisotopic (exact) mass is 522 g/mol. The Bertz CT molecular complexity index is 1170. The van der Waals surface area contributed by atoms with Crippen molar-refractivity contribution >= 4 is 38.9 Å². The fourth-order valence-electron chi connectivity index (χ4n) is 5.73. The second-order valence-corrected chi connectivity index (χ2v) is 10.7. The summed E-state index contributed by atoms with van der Waals surface area (Å²) in [5.41, 5.74) is 7.36. The third kappa shape index (κ3) is 4.12. The Hall–Kier alpha value is -2.18. The minimum absolute atomic E-state index is 0.0111. The number of nitrogens with one attached hydrogen (secondary N) is 1. The van der Waals surface area contributed by atoms with Crippen LogP contribution in [0, 0.1) is 20.8 Å². The molecule has 0 radical (unpaired) electrons. The normalized spacial score (nSPS) is 21.5. The van der Waals surface area contributed by atoms with Gasteiger partial charge in [-0.1, -0.05) is 41.3 Å². The van der Waals surface area contributed by atoms with Crippen LogP contribution in [-0.2, 0) is 0 Å². The first-order valence-electron chi connectivity index (χ1n) is 11.9. The third-order valence-electron chi connectivity index (χ3n) is 7.30. The highest BCUT2D eigenvalue weighted by molar-refractivity contribution is 9.10. The highest BCUT2D eigenvalue weighted by atomic mass is 79.9. The van der Waals surface area contributed by atoms with Crippen molar-refractivity contribution in [3.63, 3.8) is 0 Å². The largest absolute Gasteiger partial charge is 0.351 e. The Labute approximate surface area is 210 Å². The van der Waals surface area contributed by atoms with Crippen LogP contribution in [0.5, 0.6) is 0 Å². The highest BCUT2D eigenvalue weighted by Crippen LogP contribution is 2.45. The zero-order chi connectivity index (χ0) is 23.1.